The number of pyridine rings is 1. The van der Waals surface area contributed by atoms with E-state index in [1.54, 1.807) is 18.3 Å². The fourth-order valence-corrected chi connectivity index (χ4v) is 1.80. The molecule has 0 aliphatic carbocycles. The normalized spacial score (nSPS) is 12.2. The molecule has 3 rings (SSSR count). The molecule has 7 heteroatoms. The Kier molecular flexibility index (Phi) is 2.70. The van der Waals surface area contributed by atoms with Gasteiger partial charge >= 0.3 is 5.76 Å². The summed E-state index contributed by atoms with van der Waals surface area (Å²) in [4.78, 5) is 20.2. The maximum absolute atomic E-state index is 11.8. The number of aromatic nitrogens is 4. The summed E-state index contributed by atoms with van der Waals surface area (Å²) in [6.07, 6.45) is 1.60. The van der Waals surface area contributed by atoms with Gasteiger partial charge in [0.1, 0.15) is 6.54 Å². The maximum Gasteiger partial charge on any atom is 0.421 e. The molecular formula is C13H14N4O3. The summed E-state index contributed by atoms with van der Waals surface area (Å²) in [6, 6.07) is 3.40. The molecule has 0 unspecified atom stereocenters. The Morgan fingerprint density at radius 1 is 1.35 bits per heavy atom. The second-order valence-electron chi connectivity index (χ2n) is 5.54. The lowest BCUT2D eigenvalue weighted by molar-refractivity contribution is 0.354. The quantitative estimate of drug-likeness (QED) is 0.707. The summed E-state index contributed by atoms with van der Waals surface area (Å²) in [5, 5.41) is 3.93. The van der Waals surface area contributed by atoms with Crippen molar-refractivity contribution in [2.75, 3.05) is 0 Å². The molecule has 0 spiro atoms. The Morgan fingerprint density at radius 3 is 2.85 bits per heavy atom. The molecule has 0 aliphatic rings. The minimum Gasteiger partial charge on any atom is -0.406 e. The van der Waals surface area contributed by atoms with Crippen LogP contribution in [0.5, 0.6) is 0 Å². The zero-order valence-corrected chi connectivity index (χ0v) is 11.5. The van der Waals surface area contributed by atoms with E-state index in [0.29, 0.717) is 22.9 Å². The van der Waals surface area contributed by atoms with Gasteiger partial charge in [-0.2, -0.15) is 4.98 Å². The van der Waals surface area contributed by atoms with E-state index in [9.17, 15) is 4.79 Å². The van der Waals surface area contributed by atoms with Crippen LogP contribution < -0.4 is 5.76 Å². The maximum atomic E-state index is 11.8. The van der Waals surface area contributed by atoms with E-state index >= 15 is 0 Å². The first-order chi connectivity index (χ1) is 9.45. The zero-order chi connectivity index (χ0) is 14.3. The van der Waals surface area contributed by atoms with Crippen LogP contribution in [-0.2, 0) is 12.0 Å². The van der Waals surface area contributed by atoms with E-state index in [0.717, 1.165) is 0 Å². The summed E-state index contributed by atoms with van der Waals surface area (Å²) >= 11 is 0. The highest BCUT2D eigenvalue weighted by Gasteiger charge is 2.22. The molecule has 0 saturated heterocycles. The predicted octanol–water partition coefficient (Wildman–Crippen LogP) is 1.72. The molecule has 7 nitrogen and oxygen atoms in total. The van der Waals surface area contributed by atoms with E-state index in [1.807, 2.05) is 20.8 Å². The molecule has 20 heavy (non-hydrogen) atoms. The van der Waals surface area contributed by atoms with Crippen molar-refractivity contribution >= 4 is 11.2 Å². The molecule has 0 fully saturated rings. The molecule has 0 bridgehead atoms. The van der Waals surface area contributed by atoms with Crippen LogP contribution in [0.25, 0.3) is 11.2 Å². The van der Waals surface area contributed by atoms with Crippen molar-refractivity contribution in [2.45, 2.75) is 32.7 Å². The fourth-order valence-electron chi connectivity index (χ4n) is 1.80. The van der Waals surface area contributed by atoms with E-state index in [-0.39, 0.29) is 12.0 Å². The SMILES string of the molecule is CC(C)(C)c1noc(Cn2c(=O)oc3cccnc32)n1. The summed E-state index contributed by atoms with van der Waals surface area (Å²) in [7, 11) is 0. The number of fused-ring (bicyclic) bond motifs is 1. The van der Waals surface area contributed by atoms with Gasteiger partial charge in [0.25, 0.3) is 0 Å². The number of nitrogens with zero attached hydrogens (tertiary/aromatic N) is 4. The van der Waals surface area contributed by atoms with Crippen LogP contribution in [0.15, 0.2) is 32.1 Å². The first-order valence-electron chi connectivity index (χ1n) is 6.22. The number of hydrogen-bond donors (Lipinski definition) is 0. The van der Waals surface area contributed by atoms with Gasteiger partial charge in [-0.15, -0.1) is 0 Å². The summed E-state index contributed by atoms with van der Waals surface area (Å²) < 4.78 is 11.6. The van der Waals surface area contributed by atoms with Crippen LogP contribution in [0, 0.1) is 0 Å². The Labute approximate surface area is 114 Å². The molecule has 0 saturated carbocycles. The zero-order valence-electron chi connectivity index (χ0n) is 11.5. The van der Waals surface area contributed by atoms with E-state index in [4.69, 9.17) is 8.94 Å². The monoisotopic (exact) mass is 274 g/mol. The molecular weight excluding hydrogens is 260 g/mol. The van der Waals surface area contributed by atoms with E-state index in [2.05, 4.69) is 15.1 Å². The molecule has 0 N–H and O–H groups in total. The molecule has 0 amide bonds. The molecule has 3 aromatic rings. The van der Waals surface area contributed by atoms with Crippen molar-refractivity contribution in [3.63, 3.8) is 0 Å². The largest absolute Gasteiger partial charge is 0.421 e. The second kappa shape index (κ2) is 4.29. The first-order valence-corrected chi connectivity index (χ1v) is 6.22. The fraction of sp³-hybridized carbons (Fsp3) is 0.385. The molecule has 0 aliphatic heterocycles. The van der Waals surface area contributed by atoms with Crippen LogP contribution >= 0.6 is 0 Å². The van der Waals surface area contributed by atoms with Crippen LogP contribution in [0.3, 0.4) is 0 Å². The highest BCUT2D eigenvalue weighted by atomic mass is 16.5. The predicted molar refractivity (Wildman–Crippen MR) is 70.4 cm³/mol. The van der Waals surface area contributed by atoms with Gasteiger partial charge in [-0.1, -0.05) is 25.9 Å². The average molecular weight is 274 g/mol. The van der Waals surface area contributed by atoms with Gasteiger partial charge < -0.3 is 8.94 Å². The van der Waals surface area contributed by atoms with Crippen molar-refractivity contribution in [1.29, 1.82) is 0 Å². The average Bonchev–Trinajstić information content (AvgIpc) is 2.95. The van der Waals surface area contributed by atoms with E-state index < -0.39 is 5.76 Å². The van der Waals surface area contributed by atoms with Gasteiger partial charge in [-0.25, -0.2) is 14.3 Å². The number of rotatable bonds is 2. The van der Waals surface area contributed by atoms with Gasteiger partial charge in [0.05, 0.1) is 0 Å². The minimum absolute atomic E-state index is 0.145. The highest BCUT2D eigenvalue weighted by Crippen LogP contribution is 2.19. The van der Waals surface area contributed by atoms with Crippen LogP contribution in [0.1, 0.15) is 32.5 Å². The van der Waals surface area contributed by atoms with Gasteiger partial charge in [-0.05, 0) is 12.1 Å². The van der Waals surface area contributed by atoms with E-state index in [1.165, 1.54) is 4.57 Å². The molecule has 0 atom stereocenters. The standard InChI is InChI=1S/C13H14N4O3/c1-13(2,3)11-15-9(20-16-11)7-17-10-8(19-12(17)18)5-4-6-14-10/h4-6H,7H2,1-3H3. The first kappa shape index (κ1) is 12.6. The smallest absolute Gasteiger partial charge is 0.406 e. The van der Waals surface area contributed by atoms with Crippen molar-refractivity contribution < 1.29 is 8.94 Å². The lowest BCUT2D eigenvalue weighted by Gasteiger charge is -2.10. The summed E-state index contributed by atoms with van der Waals surface area (Å²) in [5.41, 5.74) is 0.699. The van der Waals surface area contributed by atoms with Crippen molar-refractivity contribution in [2.24, 2.45) is 0 Å². The van der Waals surface area contributed by atoms with Crippen LogP contribution in [0.2, 0.25) is 0 Å². The Hall–Kier alpha value is -2.44. The minimum atomic E-state index is -0.491. The number of oxazole rings is 1. The molecule has 3 heterocycles. The number of hydrogen-bond acceptors (Lipinski definition) is 6. The lowest BCUT2D eigenvalue weighted by atomic mass is 9.96. The van der Waals surface area contributed by atoms with Crippen molar-refractivity contribution in [3.8, 4) is 0 Å². The molecule has 104 valence electrons. The molecule has 0 aromatic carbocycles. The Morgan fingerprint density at radius 2 is 2.15 bits per heavy atom. The topological polar surface area (TPSA) is 87.0 Å². The highest BCUT2D eigenvalue weighted by molar-refractivity contribution is 5.67. The van der Waals surface area contributed by atoms with Crippen molar-refractivity contribution in [1.82, 2.24) is 19.7 Å². The molecule has 0 radical (unpaired) electrons. The third-order valence-electron chi connectivity index (χ3n) is 2.86. The lowest BCUT2D eigenvalue weighted by Crippen LogP contribution is -2.16. The molecule has 3 aromatic heterocycles. The third-order valence-corrected chi connectivity index (χ3v) is 2.86. The van der Waals surface area contributed by atoms with Gasteiger partial charge in [0.15, 0.2) is 17.1 Å². The van der Waals surface area contributed by atoms with Gasteiger partial charge in [-0.3, -0.25) is 0 Å². The summed E-state index contributed by atoms with van der Waals surface area (Å²) in [5.74, 6) is 0.459. The Balaban J connectivity index is 1.99. The summed E-state index contributed by atoms with van der Waals surface area (Å²) in [6.45, 7) is 6.11. The van der Waals surface area contributed by atoms with Gasteiger partial charge in [0.2, 0.25) is 5.89 Å². The Bertz CT molecular complexity index is 807. The van der Waals surface area contributed by atoms with Crippen molar-refractivity contribution in [3.05, 3.63) is 40.6 Å². The van der Waals surface area contributed by atoms with Crippen LogP contribution in [-0.4, -0.2) is 19.7 Å². The van der Waals surface area contributed by atoms with Crippen LogP contribution in [0.4, 0.5) is 0 Å². The second-order valence-corrected chi connectivity index (χ2v) is 5.54. The van der Waals surface area contributed by atoms with Gasteiger partial charge in [0, 0.05) is 11.6 Å². The third kappa shape index (κ3) is 2.11.